The van der Waals surface area contributed by atoms with Crippen molar-refractivity contribution in [3.05, 3.63) is 34.3 Å². The highest BCUT2D eigenvalue weighted by molar-refractivity contribution is 9.10. The van der Waals surface area contributed by atoms with Crippen LogP contribution in [0.5, 0.6) is 0 Å². The number of nitrogens with zero attached hydrogens (tertiary/aromatic N) is 1. The van der Waals surface area contributed by atoms with Crippen LogP contribution in [-0.4, -0.2) is 23.9 Å². The first-order valence-corrected chi connectivity index (χ1v) is 7.18. The van der Waals surface area contributed by atoms with Gasteiger partial charge < -0.3 is 5.73 Å². The van der Waals surface area contributed by atoms with E-state index in [4.69, 9.17) is 5.73 Å². The molecule has 0 radical (unpaired) electrons. The minimum absolute atomic E-state index is 0.167. The first kappa shape index (κ1) is 13.6. The van der Waals surface area contributed by atoms with E-state index >= 15 is 0 Å². The zero-order valence-corrected chi connectivity index (χ0v) is 12.0. The van der Waals surface area contributed by atoms with Crippen LogP contribution in [0.4, 0.5) is 0 Å². The largest absolute Gasteiger partial charge is 0.370 e. The van der Waals surface area contributed by atoms with Gasteiger partial charge in [-0.25, -0.2) is 0 Å². The average Bonchev–Trinajstić information content (AvgIpc) is 2.34. The molecular weight excluding hydrogens is 292 g/mol. The van der Waals surface area contributed by atoms with E-state index in [0.717, 1.165) is 32.5 Å². The number of nitrogens with two attached hydrogens (primary N) is 1. The summed E-state index contributed by atoms with van der Waals surface area (Å²) in [5.74, 6) is 0.317. The third-order valence-corrected chi connectivity index (χ3v) is 4.32. The lowest BCUT2D eigenvalue weighted by molar-refractivity contribution is -0.119. The van der Waals surface area contributed by atoms with Crippen LogP contribution < -0.4 is 5.73 Å². The Morgan fingerprint density at radius 3 is 2.61 bits per heavy atom. The molecule has 1 amide bonds. The number of likely N-dealkylation sites (tertiary alicyclic amines) is 1. The molecule has 1 aliphatic heterocycles. The predicted molar refractivity (Wildman–Crippen MR) is 76.0 cm³/mol. The summed E-state index contributed by atoms with van der Waals surface area (Å²) in [7, 11) is 0. The standard InChI is InChI=1S/C14H19BrN2O/c15-13-4-2-1-3-12(13)10-17-7-5-11(6-8-17)9-14(16)18/h1-4,11H,5-10H2,(H2,16,18). The minimum atomic E-state index is -0.167. The lowest BCUT2D eigenvalue weighted by Gasteiger charge is -2.31. The smallest absolute Gasteiger partial charge is 0.217 e. The number of carbonyl (C=O) groups is 1. The molecule has 0 saturated carbocycles. The zero-order chi connectivity index (χ0) is 13.0. The van der Waals surface area contributed by atoms with Crippen molar-refractivity contribution in [3.63, 3.8) is 0 Å². The second-order valence-electron chi connectivity index (χ2n) is 4.98. The molecule has 3 nitrogen and oxygen atoms in total. The fraction of sp³-hybridized carbons (Fsp3) is 0.500. The van der Waals surface area contributed by atoms with Gasteiger partial charge in [0, 0.05) is 17.4 Å². The number of primary amides is 1. The normalized spacial score (nSPS) is 17.8. The van der Waals surface area contributed by atoms with Gasteiger partial charge in [0.15, 0.2) is 0 Å². The SMILES string of the molecule is NC(=O)CC1CCN(Cc2ccccc2Br)CC1. The second-order valence-corrected chi connectivity index (χ2v) is 5.84. The predicted octanol–water partition coefficient (Wildman–Crippen LogP) is 2.54. The van der Waals surface area contributed by atoms with Gasteiger partial charge in [-0.3, -0.25) is 9.69 Å². The summed E-state index contributed by atoms with van der Waals surface area (Å²) in [4.78, 5) is 13.3. The number of rotatable bonds is 4. The fourth-order valence-electron chi connectivity index (χ4n) is 2.50. The summed E-state index contributed by atoms with van der Waals surface area (Å²) in [6.45, 7) is 3.09. The van der Waals surface area contributed by atoms with E-state index in [1.807, 2.05) is 6.07 Å². The molecule has 1 saturated heterocycles. The van der Waals surface area contributed by atoms with Crippen molar-refractivity contribution < 1.29 is 4.79 Å². The van der Waals surface area contributed by atoms with Gasteiger partial charge >= 0.3 is 0 Å². The van der Waals surface area contributed by atoms with Crippen LogP contribution in [0.25, 0.3) is 0 Å². The number of amides is 1. The Balaban J connectivity index is 1.84. The number of halogens is 1. The number of hydrogen-bond acceptors (Lipinski definition) is 2. The van der Waals surface area contributed by atoms with Crippen molar-refractivity contribution in [1.29, 1.82) is 0 Å². The highest BCUT2D eigenvalue weighted by atomic mass is 79.9. The minimum Gasteiger partial charge on any atom is -0.370 e. The molecule has 1 heterocycles. The van der Waals surface area contributed by atoms with Crippen LogP contribution in [-0.2, 0) is 11.3 Å². The highest BCUT2D eigenvalue weighted by Gasteiger charge is 2.20. The lowest BCUT2D eigenvalue weighted by Crippen LogP contribution is -2.34. The summed E-state index contributed by atoms with van der Waals surface area (Å²) in [6, 6.07) is 8.33. The molecule has 1 aromatic rings. The third kappa shape index (κ3) is 3.82. The van der Waals surface area contributed by atoms with Crippen LogP contribution in [0.3, 0.4) is 0 Å². The molecule has 2 rings (SSSR count). The number of carbonyl (C=O) groups excluding carboxylic acids is 1. The Morgan fingerprint density at radius 1 is 1.33 bits per heavy atom. The number of piperidine rings is 1. The Labute approximate surface area is 116 Å². The van der Waals surface area contributed by atoms with E-state index in [2.05, 4.69) is 39.0 Å². The first-order valence-electron chi connectivity index (χ1n) is 6.39. The first-order chi connectivity index (χ1) is 8.65. The summed E-state index contributed by atoms with van der Waals surface area (Å²) in [6.07, 6.45) is 2.70. The lowest BCUT2D eigenvalue weighted by atomic mass is 9.93. The van der Waals surface area contributed by atoms with Crippen LogP contribution >= 0.6 is 15.9 Å². The third-order valence-electron chi connectivity index (χ3n) is 3.55. The van der Waals surface area contributed by atoms with Gasteiger partial charge in [0.2, 0.25) is 5.91 Å². The average molecular weight is 311 g/mol. The molecule has 0 atom stereocenters. The van der Waals surface area contributed by atoms with E-state index < -0.39 is 0 Å². The van der Waals surface area contributed by atoms with Gasteiger partial charge in [0.05, 0.1) is 0 Å². The van der Waals surface area contributed by atoms with Gasteiger partial charge in [0.1, 0.15) is 0 Å². The second kappa shape index (κ2) is 6.34. The van der Waals surface area contributed by atoms with E-state index in [0.29, 0.717) is 12.3 Å². The van der Waals surface area contributed by atoms with Crippen molar-refractivity contribution in [2.24, 2.45) is 11.7 Å². The fourth-order valence-corrected chi connectivity index (χ4v) is 2.91. The summed E-state index contributed by atoms with van der Waals surface area (Å²) in [5, 5.41) is 0. The van der Waals surface area contributed by atoms with Crippen LogP contribution in [0, 0.1) is 5.92 Å². The molecule has 1 fully saturated rings. The molecular formula is C14H19BrN2O. The molecule has 4 heteroatoms. The van der Waals surface area contributed by atoms with Crippen molar-refractivity contribution >= 4 is 21.8 Å². The highest BCUT2D eigenvalue weighted by Crippen LogP contribution is 2.23. The monoisotopic (exact) mass is 310 g/mol. The molecule has 1 aromatic carbocycles. The van der Waals surface area contributed by atoms with E-state index in [1.54, 1.807) is 0 Å². The molecule has 1 aliphatic rings. The Morgan fingerprint density at radius 2 is 2.00 bits per heavy atom. The molecule has 2 N–H and O–H groups in total. The molecule has 0 aliphatic carbocycles. The van der Waals surface area contributed by atoms with E-state index in [-0.39, 0.29) is 5.91 Å². The maximum atomic E-state index is 10.9. The van der Waals surface area contributed by atoms with Crippen molar-refractivity contribution in [2.75, 3.05) is 13.1 Å². The van der Waals surface area contributed by atoms with Gasteiger partial charge in [-0.15, -0.1) is 0 Å². The Kier molecular flexibility index (Phi) is 4.78. The number of hydrogen-bond donors (Lipinski definition) is 1. The molecule has 0 aromatic heterocycles. The van der Waals surface area contributed by atoms with E-state index in [1.165, 1.54) is 10.0 Å². The Bertz CT molecular complexity index is 414. The van der Waals surface area contributed by atoms with Gasteiger partial charge in [-0.2, -0.15) is 0 Å². The molecule has 0 spiro atoms. The van der Waals surface area contributed by atoms with Crippen molar-refractivity contribution in [2.45, 2.75) is 25.8 Å². The zero-order valence-electron chi connectivity index (χ0n) is 10.4. The van der Waals surface area contributed by atoms with Crippen molar-refractivity contribution in [1.82, 2.24) is 4.90 Å². The van der Waals surface area contributed by atoms with Gasteiger partial charge in [-0.05, 0) is 43.5 Å². The topological polar surface area (TPSA) is 46.3 Å². The molecule has 0 unspecified atom stereocenters. The summed E-state index contributed by atoms with van der Waals surface area (Å²) in [5.41, 5.74) is 6.57. The molecule has 0 bridgehead atoms. The maximum Gasteiger partial charge on any atom is 0.217 e. The summed E-state index contributed by atoms with van der Waals surface area (Å²) < 4.78 is 1.17. The molecule has 98 valence electrons. The van der Waals surface area contributed by atoms with Crippen molar-refractivity contribution in [3.8, 4) is 0 Å². The van der Waals surface area contributed by atoms with Crippen LogP contribution in [0.1, 0.15) is 24.8 Å². The Hall–Kier alpha value is -0.870. The van der Waals surface area contributed by atoms with E-state index in [9.17, 15) is 4.79 Å². The van der Waals surface area contributed by atoms with Gasteiger partial charge in [-0.1, -0.05) is 34.1 Å². The quantitative estimate of drug-likeness (QED) is 0.929. The maximum absolute atomic E-state index is 10.9. The number of benzene rings is 1. The van der Waals surface area contributed by atoms with Gasteiger partial charge in [0.25, 0.3) is 0 Å². The van der Waals surface area contributed by atoms with Crippen LogP contribution in [0.2, 0.25) is 0 Å². The summed E-state index contributed by atoms with van der Waals surface area (Å²) >= 11 is 3.58. The van der Waals surface area contributed by atoms with Crippen LogP contribution in [0.15, 0.2) is 28.7 Å². The molecule has 18 heavy (non-hydrogen) atoms.